The molecule has 0 atom stereocenters. The Balaban J connectivity index is 2.35. The molecular weight excluding hydrogens is 352 g/mol. The zero-order valence-corrected chi connectivity index (χ0v) is 19.6. The molecule has 156 valence electrons. The maximum absolute atomic E-state index is 6.94. The van der Waals surface area contributed by atoms with Crippen molar-refractivity contribution < 1.29 is 4.74 Å². The minimum atomic E-state index is -0.384. The summed E-state index contributed by atoms with van der Waals surface area (Å²) in [5.74, 6) is 0. The summed E-state index contributed by atoms with van der Waals surface area (Å²) in [6.45, 7) is 25.6. The molecule has 0 saturated carbocycles. The predicted octanol–water partition coefficient (Wildman–Crippen LogP) is 7.80. The van der Waals surface area contributed by atoms with Gasteiger partial charge in [0.2, 0.25) is 0 Å². The highest BCUT2D eigenvalue weighted by atomic mass is 16.5. The second kappa shape index (κ2) is 7.95. The van der Waals surface area contributed by atoms with Gasteiger partial charge in [-0.25, -0.2) is 0 Å². The fraction of sp³-hybridized carbons (Fsp3) is 0.429. The first-order valence-electron chi connectivity index (χ1n) is 10.4. The summed E-state index contributed by atoms with van der Waals surface area (Å²) in [7, 11) is 0. The van der Waals surface area contributed by atoms with Gasteiger partial charge in [0.15, 0.2) is 0 Å². The molecular formula is C28H38O. The van der Waals surface area contributed by atoms with Crippen molar-refractivity contribution in [3.05, 3.63) is 83.9 Å². The molecule has 2 aromatic carbocycles. The van der Waals surface area contributed by atoms with E-state index in [4.69, 9.17) is 4.74 Å². The van der Waals surface area contributed by atoms with Crippen LogP contribution in [0.1, 0.15) is 77.6 Å². The molecule has 0 aromatic heterocycles. The van der Waals surface area contributed by atoms with Crippen molar-refractivity contribution in [2.45, 2.75) is 77.4 Å². The molecule has 0 fully saturated rings. The molecule has 0 bridgehead atoms. The van der Waals surface area contributed by atoms with E-state index < -0.39 is 0 Å². The van der Waals surface area contributed by atoms with Gasteiger partial charge in [-0.2, -0.15) is 0 Å². The Bertz CT molecular complexity index is 773. The fourth-order valence-corrected chi connectivity index (χ4v) is 3.66. The Morgan fingerprint density at radius 2 is 0.828 bits per heavy atom. The minimum Gasteiger partial charge on any atom is -0.368 e. The predicted molar refractivity (Wildman–Crippen MR) is 128 cm³/mol. The summed E-state index contributed by atoms with van der Waals surface area (Å²) in [5.41, 5.74) is 3.67. The Labute approximate surface area is 178 Å². The fourth-order valence-electron chi connectivity index (χ4n) is 3.66. The molecule has 0 N–H and O–H groups in total. The van der Waals surface area contributed by atoms with Crippen molar-refractivity contribution in [2.75, 3.05) is 0 Å². The van der Waals surface area contributed by atoms with Crippen LogP contribution in [0.25, 0.3) is 12.2 Å². The third kappa shape index (κ3) is 4.41. The van der Waals surface area contributed by atoms with Crippen LogP contribution >= 0.6 is 0 Å². The first-order chi connectivity index (χ1) is 13.3. The molecule has 0 aliphatic carbocycles. The Kier molecular flexibility index (Phi) is 6.35. The second-order valence-corrected chi connectivity index (χ2v) is 10.0. The molecule has 1 nitrogen and oxygen atoms in total. The summed E-state index contributed by atoms with van der Waals surface area (Å²) >= 11 is 0. The van der Waals surface area contributed by atoms with Crippen LogP contribution in [-0.2, 0) is 15.6 Å². The van der Waals surface area contributed by atoms with Crippen LogP contribution in [0.4, 0.5) is 0 Å². The highest BCUT2D eigenvalue weighted by Crippen LogP contribution is 2.45. The summed E-state index contributed by atoms with van der Waals surface area (Å²) < 4.78 is 6.94. The number of hydrogen-bond donors (Lipinski definition) is 0. The molecule has 29 heavy (non-hydrogen) atoms. The summed E-state index contributed by atoms with van der Waals surface area (Å²) in [5, 5.41) is 0. The number of hydrogen-bond acceptors (Lipinski definition) is 1. The lowest BCUT2D eigenvalue weighted by atomic mass is 9.68. The molecule has 1 heteroatoms. The van der Waals surface area contributed by atoms with Gasteiger partial charge in [0, 0.05) is 10.8 Å². The summed E-state index contributed by atoms with van der Waals surface area (Å²) in [4.78, 5) is 0. The molecule has 0 aliphatic heterocycles. The molecule has 0 radical (unpaired) electrons. The van der Waals surface area contributed by atoms with E-state index in [0.29, 0.717) is 0 Å². The minimum absolute atomic E-state index is 0.174. The molecule has 0 saturated heterocycles. The van der Waals surface area contributed by atoms with Gasteiger partial charge in [-0.3, -0.25) is 0 Å². The van der Waals surface area contributed by atoms with Gasteiger partial charge in [0.1, 0.15) is 0 Å². The average Bonchev–Trinajstić information content (AvgIpc) is 2.67. The van der Waals surface area contributed by atoms with E-state index >= 15 is 0 Å². The zero-order valence-electron chi connectivity index (χ0n) is 19.6. The highest BCUT2D eigenvalue weighted by molar-refractivity contribution is 5.49. The van der Waals surface area contributed by atoms with Crippen LogP contribution in [-0.4, -0.2) is 11.2 Å². The van der Waals surface area contributed by atoms with Gasteiger partial charge < -0.3 is 4.74 Å². The Morgan fingerprint density at radius 1 is 0.552 bits per heavy atom. The van der Waals surface area contributed by atoms with Gasteiger partial charge in [0.25, 0.3) is 0 Å². The SMILES string of the molecule is C=Cc1ccc(C(C)(C)C(C)(C)OC(C)(C)C(C)(C)c2ccc(C=C)cc2)cc1. The molecule has 2 rings (SSSR count). The average molecular weight is 391 g/mol. The van der Waals surface area contributed by atoms with Crippen LogP contribution in [0, 0.1) is 0 Å². The second-order valence-electron chi connectivity index (χ2n) is 10.0. The van der Waals surface area contributed by atoms with E-state index in [1.807, 2.05) is 12.2 Å². The smallest absolute Gasteiger partial charge is 0.0725 e. The van der Waals surface area contributed by atoms with Crippen molar-refractivity contribution in [3.8, 4) is 0 Å². The van der Waals surface area contributed by atoms with Crippen molar-refractivity contribution >= 4 is 12.2 Å². The van der Waals surface area contributed by atoms with Gasteiger partial charge in [0.05, 0.1) is 11.2 Å². The van der Waals surface area contributed by atoms with Gasteiger partial charge in [-0.15, -0.1) is 0 Å². The molecule has 0 unspecified atom stereocenters. The van der Waals surface area contributed by atoms with E-state index in [0.717, 1.165) is 11.1 Å². The van der Waals surface area contributed by atoms with Gasteiger partial charge >= 0.3 is 0 Å². The van der Waals surface area contributed by atoms with Crippen LogP contribution in [0.15, 0.2) is 61.7 Å². The zero-order chi connectivity index (χ0) is 22.1. The first-order valence-corrected chi connectivity index (χ1v) is 10.4. The van der Waals surface area contributed by atoms with Gasteiger partial charge in [-0.1, -0.05) is 102 Å². The number of benzene rings is 2. The van der Waals surface area contributed by atoms with E-state index in [9.17, 15) is 0 Å². The van der Waals surface area contributed by atoms with Crippen molar-refractivity contribution in [1.29, 1.82) is 0 Å². The Hall–Kier alpha value is -2.12. The summed E-state index contributed by atoms with van der Waals surface area (Å²) in [6.07, 6.45) is 3.75. The third-order valence-electron chi connectivity index (χ3n) is 7.26. The lowest BCUT2D eigenvalue weighted by molar-refractivity contribution is -0.179. The normalized spacial score (nSPS) is 13.2. The lowest BCUT2D eigenvalue weighted by Gasteiger charge is -2.51. The van der Waals surface area contributed by atoms with Gasteiger partial charge in [-0.05, 0) is 49.9 Å². The molecule has 0 spiro atoms. The first kappa shape index (κ1) is 23.2. The molecule has 0 heterocycles. The summed E-state index contributed by atoms with van der Waals surface area (Å²) in [6, 6.07) is 17.2. The van der Waals surface area contributed by atoms with Crippen LogP contribution < -0.4 is 0 Å². The van der Waals surface area contributed by atoms with Crippen molar-refractivity contribution in [3.63, 3.8) is 0 Å². The Morgan fingerprint density at radius 3 is 1.07 bits per heavy atom. The van der Waals surface area contributed by atoms with Crippen LogP contribution in [0.3, 0.4) is 0 Å². The standard InChI is InChI=1S/C28H38O/c1-11-21-13-17-23(18-14-21)25(3,4)27(7,8)29-28(9,10)26(5,6)24-19-15-22(12-2)16-20-24/h11-20H,1-2H2,3-10H3. The maximum Gasteiger partial charge on any atom is 0.0725 e. The molecule has 2 aromatic rings. The highest BCUT2D eigenvalue weighted by Gasteiger charge is 2.48. The van der Waals surface area contributed by atoms with E-state index in [1.165, 1.54) is 11.1 Å². The third-order valence-corrected chi connectivity index (χ3v) is 7.26. The van der Waals surface area contributed by atoms with Crippen molar-refractivity contribution in [2.24, 2.45) is 0 Å². The monoisotopic (exact) mass is 390 g/mol. The van der Waals surface area contributed by atoms with Crippen LogP contribution in [0.5, 0.6) is 0 Å². The van der Waals surface area contributed by atoms with Crippen molar-refractivity contribution in [1.82, 2.24) is 0 Å². The topological polar surface area (TPSA) is 9.23 Å². The van der Waals surface area contributed by atoms with E-state index in [-0.39, 0.29) is 22.0 Å². The lowest BCUT2D eigenvalue weighted by Crippen LogP contribution is -2.55. The number of ether oxygens (including phenoxy) is 1. The van der Waals surface area contributed by atoms with E-state index in [1.54, 1.807) is 0 Å². The van der Waals surface area contributed by atoms with E-state index in [2.05, 4.69) is 117 Å². The maximum atomic E-state index is 6.94. The largest absolute Gasteiger partial charge is 0.368 e. The molecule has 0 amide bonds. The quantitative estimate of drug-likeness (QED) is 0.447. The molecule has 0 aliphatic rings. The van der Waals surface area contributed by atoms with Crippen LogP contribution in [0.2, 0.25) is 0 Å². The number of rotatable bonds is 8.